The first kappa shape index (κ1) is 14.7. The molecule has 3 unspecified atom stereocenters. The number of Topliss-reactive ketones (excluding diaryl/α,β-unsaturated/α-hetero) is 1. The molecule has 100 valence electrons. The summed E-state index contributed by atoms with van der Waals surface area (Å²) in [6.45, 7) is 6.81. The van der Waals surface area contributed by atoms with Gasteiger partial charge in [0.2, 0.25) is 0 Å². The first-order valence-electron chi connectivity index (χ1n) is 7.73. The number of hydrogen-bond donors (Lipinski definition) is 0. The monoisotopic (exact) mass is 238 g/mol. The van der Waals surface area contributed by atoms with Crippen molar-refractivity contribution in [3.05, 3.63) is 0 Å². The lowest BCUT2D eigenvalue weighted by Crippen LogP contribution is -2.26. The van der Waals surface area contributed by atoms with Gasteiger partial charge in [-0.1, -0.05) is 52.9 Å². The Morgan fingerprint density at radius 2 is 2.06 bits per heavy atom. The van der Waals surface area contributed by atoms with Gasteiger partial charge in [-0.25, -0.2) is 0 Å². The minimum absolute atomic E-state index is 0.399. The van der Waals surface area contributed by atoms with E-state index in [4.69, 9.17) is 0 Å². The maximum atomic E-state index is 12.0. The van der Waals surface area contributed by atoms with Crippen molar-refractivity contribution in [2.24, 2.45) is 17.8 Å². The summed E-state index contributed by atoms with van der Waals surface area (Å²) >= 11 is 0. The third-order valence-corrected chi connectivity index (χ3v) is 4.61. The van der Waals surface area contributed by atoms with E-state index in [2.05, 4.69) is 20.8 Å². The van der Waals surface area contributed by atoms with Crippen LogP contribution in [0.5, 0.6) is 0 Å². The largest absolute Gasteiger partial charge is 0.299 e. The topological polar surface area (TPSA) is 17.1 Å². The highest BCUT2D eigenvalue weighted by Gasteiger charge is 2.29. The first-order chi connectivity index (χ1) is 8.21. The Labute approximate surface area is 107 Å². The molecule has 0 heterocycles. The molecule has 0 aromatic carbocycles. The third-order valence-electron chi connectivity index (χ3n) is 4.61. The lowest BCUT2D eigenvalue weighted by Gasteiger charge is -2.29. The Balaban J connectivity index is 2.43. The quantitative estimate of drug-likeness (QED) is 0.611. The van der Waals surface area contributed by atoms with Gasteiger partial charge in [-0.05, 0) is 31.1 Å². The molecule has 1 saturated carbocycles. The van der Waals surface area contributed by atoms with E-state index in [0.717, 1.165) is 24.7 Å². The molecular formula is C16H30O. The van der Waals surface area contributed by atoms with E-state index >= 15 is 0 Å². The lowest BCUT2D eigenvalue weighted by molar-refractivity contribution is -0.126. The smallest absolute Gasteiger partial charge is 0.136 e. The van der Waals surface area contributed by atoms with Crippen molar-refractivity contribution in [2.75, 3.05) is 0 Å². The predicted molar refractivity (Wildman–Crippen MR) is 74.1 cm³/mol. The van der Waals surface area contributed by atoms with Crippen molar-refractivity contribution in [1.29, 1.82) is 0 Å². The van der Waals surface area contributed by atoms with Crippen LogP contribution >= 0.6 is 0 Å². The van der Waals surface area contributed by atoms with E-state index in [1.165, 1.54) is 44.9 Å². The van der Waals surface area contributed by atoms with Crippen molar-refractivity contribution >= 4 is 5.78 Å². The second-order valence-corrected chi connectivity index (χ2v) is 5.86. The fraction of sp³-hybridized carbons (Fsp3) is 0.938. The van der Waals surface area contributed by atoms with Crippen LogP contribution in [0.25, 0.3) is 0 Å². The Kier molecular flexibility index (Phi) is 6.84. The van der Waals surface area contributed by atoms with Crippen LogP contribution in [0.2, 0.25) is 0 Å². The van der Waals surface area contributed by atoms with Gasteiger partial charge in [-0.2, -0.15) is 0 Å². The number of carbonyl (C=O) groups excluding carboxylic acids is 1. The van der Waals surface area contributed by atoms with Crippen LogP contribution in [-0.4, -0.2) is 5.78 Å². The predicted octanol–water partition coefficient (Wildman–Crippen LogP) is 4.99. The number of carbonyl (C=O) groups is 1. The molecular weight excluding hydrogens is 208 g/mol. The molecule has 1 heteroatoms. The van der Waals surface area contributed by atoms with Gasteiger partial charge in [0.1, 0.15) is 5.78 Å². The number of rotatable bonds is 7. The molecule has 17 heavy (non-hydrogen) atoms. The van der Waals surface area contributed by atoms with Gasteiger partial charge in [-0.15, -0.1) is 0 Å². The Bertz CT molecular complexity index is 222. The molecule has 1 aliphatic carbocycles. The van der Waals surface area contributed by atoms with Crippen molar-refractivity contribution in [1.82, 2.24) is 0 Å². The summed E-state index contributed by atoms with van der Waals surface area (Å²) in [4.78, 5) is 12.0. The molecule has 1 nitrogen and oxygen atoms in total. The number of ketones is 1. The second kappa shape index (κ2) is 7.89. The van der Waals surface area contributed by atoms with Gasteiger partial charge in [0.05, 0.1) is 0 Å². The molecule has 1 aliphatic rings. The summed E-state index contributed by atoms with van der Waals surface area (Å²) in [6.07, 6.45) is 10.8. The highest BCUT2D eigenvalue weighted by atomic mass is 16.1. The standard InChI is InChI=1S/C16H30O/c1-4-7-8-13(5-2)11-15-12-14(6-3)9-10-16(15)17/h13-15H,4-12H2,1-3H3. The van der Waals surface area contributed by atoms with Crippen molar-refractivity contribution in [2.45, 2.75) is 78.6 Å². The molecule has 1 fully saturated rings. The van der Waals surface area contributed by atoms with Gasteiger partial charge < -0.3 is 0 Å². The van der Waals surface area contributed by atoms with E-state index in [1.807, 2.05) is 0 Å². The van der Waals surface area contributed by atoms with Crippen LogP contribution in [0.3, 0.4) is 0 Å². The maximum Gasteiger partial charge on any atom is 0.136 e. The summed E-state index contributed by atoms with van der Waals surface area (Å²) in [7, 11) is 0. The van der Waals surface area contributed by atoms with E-state index in [0.29, 0.717) is 11.7 Å². The molecule has 0 bridgehead atoms. The molecule has 0 N–H and O–H groups in total. The van der Waals surface area contributed by atoms with Crippen molar-refractivity contribution in [3.63, 3.8) is 0 Å². The van der Waals surface area contributed by atoms with Gasteiger partial charge in [-0.3, -0.25) is 4.79 Å². The molecule has 0 saturated heterocycles. The van der Waals surface area contributed by atoms with Crippen LogP contribution in [0.15, 0.2) is 0 Å². The van der Waals surface area contributed by atoms with Gasteiger partial charge in [0.25, 0.3) is 0 Å². The average Bonchev–Trinajstić information content (AvgIpc) is 2.36. The highest BCUT2D eigenvalue weighted by molar-refractivity contribution is 5.81. The van der Waals surface area contributed by atoms with Crippen molar-refractivity contribution in [3.8, 4) is 0 Å². The summed E-state index contributed by atoms with van der Waals surface area (Å²) in [5.74, 6) is 2.57. The lowest BCUT2D eigenvalue weighted by atomic mass is 9.74. The summed E-state index contributed by atoms with van der Waals surface area (Å²) in [5.41, 5.74) is 0. The normalized spacial score (nSPS) is 27.1. The van der Waals surface area contributed by atoms with Gasteiger partial charge in [0, 0.05) is 12.3 Å². The molecule has 0 aliphatic heterocycles. The fourth-order valence-electron chi connectivity index (χ4n) is 3.18. The SMILES string of the molecule is CCCCC(CC)CC1CC(CC)CCC1=O. The van der Waals surface area contributed by atoms with Gasteiger partial charge >= 0.3 is 0 Å². The van der Waals surface area contributed by atoms with Gasteiger partial charge in [0.15, 0.2) is 0 Å². The van der Waals surface area contributed by atoms with E-state index in [-0.39, 0.29) is 0 Å². The number of hydrogen-bond acceptors (Lipinski definition) is 1. The van der Waals surface area contributed by atoms with Crippen LogP contribution in [0.1, 0.15) is 78.6 Å². The Morgan fingerprint density at radius 1 is 1.29 bits per heavy atom. The zero-order valence-corrected chi connectivity index (χ0v) is 12.0. The summed E-state index contributed by atoms with van der Waals surface area (Å²) in [5, 5.41) is 0. The molecule has 1 rings (SSSR count). The molecule has 0 aromatic rings. The van der Waals surface area contributed by atoms with Crippen LogP contribution in [-0.2, 0) is 4.79 Å². The van der Waals surface area contributed by atoms with Crippen LogP contribution < -0.4 is 0 Å². The third kappa shape index (κ3) is 4.81. The first-order valence-corrected chi connectivity index (χ1v) is 7.73. The zero-order chi connectivity index (χ0) is 12.7. The van der Waals surface area contributed by atoms with Crippen molar-refractivity contribution < 1.29 is 4.79 Å². The fourth-order valence-corrected chi connectivity index (χ4v) is 3.18. The zero-order valence-electron chi connectivity index (χ0n) is 12.0. The van der Waals surface area contributed by atoms with Crippen LogP contribution in [0, 0.1) is 17.8 Å². The summed E-state index contributed by atoms with van der Waals surface area (Å²) in [6, 6.07) is 0. The summed E-state index contributed by atoms with van der Waals surface area (Å²) < 4.78 is 0. The number of unbranched alkanes of at least 4 members (excludes halogenated alkanes) is 1. The van der Waals surface area contributed by atoms with E-state index < -0.39 is 0 Å². The minimum atomic E-state index is 0.399. The van der Waals surface area contributed by atoms with E-state index in [9.17, 15) is 4.79 Å². The maximum absolute atomic E-state index is 12.0. The minimum Gasteiger partial charge on any atom is -0.299 e. The highest BCUT2D eigenvalue weighted by Crippen LogP contribution is 2.34. The molecule has 3 atom stereocenters. The van der Waals surface area contributed by atoms with Crippen LogP contribution in [0.4, 0.5) is 0 Å². The Morgan fingerprint density at radius 3 is 2.65 bits per heavy atom. The molecule has 0 amide bonds. The van der Waals surface area contributed by atoms with E-state index in [1.54, 1.807) is 0 Å². The molecule has 0 radical (unpaired) electrons. The average molecular weight is 238 g/mol. The molecule has 0 aromatic heterocycles. The second-order valence-electron chi connectivity index (χ2n) is 5.86. The molecule has 0 spiro atoms. The Hall–Kier alpha value is -0.330.